The SMILES string of the molecule is CCOCCOCCOCCOc1nc(Nc2cc(Cl)c(Cl)cc2F)c2cc(N)ccc2n1. The fourth-order valence-electron chi connectivity index (χ4n) is 2.81. The molecule has 3 aromatic rings. The molecule has 0 bridgehead atoms. The number of benzene rings is 2. The first-order valence-corrected chi connectivity index (χ1v) is 11.1. The molecule has 0 atom stereocenters. The Bertz CT molecular complexity index is 1070. The first-order chi connectivity index (χ1) is 16.0. The average molecular weight is 499 g/mol. The molecule has 0 aliphatic heterocycles. The van der Waals surface area contributed by atoms with Crippen molar-refractivity contribution in [2.45, 2.75) is 6.92 Å². The van der Waals surface area contributed by atoms with Gasteiger partial charge in [0, 0.05) is 17.7 Å². The molecule has 2 aromatic carbocycles. The van der Waals surface area contributed by atoms with Gasteiger partial charge in [-0.1, -0.05) is 23.2 Å². The molecule has 0 saturated heterocycles. The van der Waals surface area contributed by atoms with Crippen molar-refractivity contribution in [1.29, 1.82) is 0 Å². The van der Waals surface area contributed by atoms with Gasteiger partial charge in [0.2, 0.25) is 0 Å². The van der Waals surface area contributed by atoms with Gasteiger partial charge in [-0.05, 0) is 37.3 Å². The van der Waals surface area contributed by atoms with E-state index in [1.165, 1.54) is 6.07 Å². The predicted molar refractivity (Wildman–Crippen MR) is 127 cm³/mol. The maximum Gasteiger partial charge on any atom is 0.319 e. The minimum atomic E-state index is -0.584. The molecule has 0 fully saturated rings. The molecule has 178 valence electrons. The molecular formula is C22H25Cl2FN4O4. The third-order valence-corrected chi connectivity index (χ3v) is 5.09. The summed E-state index contributed by atoms with van der Waals surface area (Å²) < 4.78 is 36.1. The number of fused-ring (bicyclic) bond motifs is 1. The Hall–Kier alpha value is -2.43. The number of nitrogens with zero attached hydrogens (tertiary/aromatic N) is 2. The number of nitrogen functional groups attached to an aromatic ring is 1. The van der Waals surface area contributed by atoms with Gasteiger partial charge in [0.25, 0.3) is 0 Å². The summed E-state index contributed by atoms with van der Waals surface area (Å²) in [5.74, 6) is -0.275. The second kappa shape index (κ2) is 12.7. The van der Waals surface area contributed by atoms with E-state index in [4.69, 9.17) is 47.9 Å². The summed E-state index contributed by atoms with van der Waals surface area (Å²) in [4.78, 5) is 8.75. The van der Waals surface area contributed by atoms with Crippen LogP contribution in [-0.2, 0) is 14.2 Å². The Balaban J connectivity index is 1.63. The Morgan fingerprint density at radius 3 is 2.30 bits per heavy atom. The third kappa shape index (κ3) is 7.55. The molecule has 0 aliphatic carbocycles. The van der Waals surface area contributed by atoms with Crippen LogP contribution in [0.4, 0.5) is 21.6 Å². The van der Waals surface area contributed by atoms with Crippen molar-refractivity contribution in [2.75, 3.05) is 57.3 Å². The van der Waals surface area contributed by atoms with E-state index in [2.05, 4.69) is 15.3 Å². The number of hydrogen-bond acceptors (Lipinski definition) is 8. The van der Waals surface area contributed by atoms with E-state index in [0.29, 0.717) is 62.0 Å². The van der Waals surface area contributed by atoms with Crippen LogP contribution in [0.1, 0.15) is 6.92 Å². The maximum atomic E-state index is 14.4. The number of rotatable bonds is 13. The second-order valence-electron chi connectivity index (χ2n) is 6.77. The van der Waals surface area contributed by atoms with Crippen LogP contribution in [-0.4, -0.2) is 56.2 Å². The van der Waals surface area contributed by atoms with Crippen molar-refractivity contribution in [3.63, 3.8) is 0 Å². The van der Waals surface area contributed by atoms with Gasteiger partial charge in [0.05, 0.1) is 54.3 Å². The van der Waals surface area contributed by atoms with Gasteiger partial charge in [-0.25, -0.2) is 4.39 Å². The average Bonchev–Trinajstić information content (AvgIpc) is 2.79. The molecule has 1 heterocycles. The molecule has 33 heavy (non-hydrogen) atoms. The van der Waals surface area contributed by atoms with Crippen LogP contribution in [0.2, 0.25) is 10.0 Å². The first-order valence-electron chi connectivity index (χ1n) is 10.3. The summed E-state index contributed by atoms with van der Waals surface area (Å²) in [7, 11) is 0. The molecule has 3 N–H and O–H groups in total. The van der Waals surface area contributed by atoms with Crippen LogP contribution < -0.4 is 15.8 Å². The Morgan fingerprint density at radius 1 is 0.909 bits per heavy atom. The first kappa shape index (κ1) is 25.2. The lowest BCUT2D eigenvalue weighted by atomic mass is 10.2. The summed E-state index contributed by atoms with van der Waals surface area (Å²) in [5.41, 5.74) is 7.09. The fraction of sp³-hybridized carbons (Fsp3) is 0.364. The molecule has 0 aliphatic rings. The summed E-state index contributed by atoms with van der Waals surface area (Å²) in [6.07, 6.45) is 0. The largest absolute Gasteiger partial charge is 0.461 e. The normalized spacial score (nSPS) is 11.2. The summed E-state index contributed by atoms with van der Waals surface area (Å²) >= 11 is 11.9. The monoisotopic (exact) mass is 498 g/mol. The maximum absolute atomic E-state index is 14.4. The van der Waals surface area contributed by atoms with Crippen molar-refractivity contribution < 1.29 is 23.3 Å². The van der Waals surface area contributed by atoms with Gasteiger partial charge in [-0.15, -0.1) is 0 Å². The molecule has 3 rings (SSSR count). The lowest BCUT2D eigenvalue weighted by molar-refractivity contribution is 0.0109. The van der Waals surface area contributed by atoms with Crippen LogP contribution >= 0.6 is 23.2 Å². The lowest BCUT2D eigenvalue weighted by Crippen LogP contribution is -2.13. The number of aromatic nitrogens is 2. The minimum Gasteiger partial charge on any atom is -0.461 e. The van der Waals surface area contributed by atoms with Gasteiger partial charge in [-0.2, -0.15) is 9.97 Å². The standard InChI is InChI=1S/C22H25Cl2FN4O4/c1-2-30-5-6-31-7-8-32-9-10-33-22-28-19-4-3-14(26)11-15(19)21(29-22)27-20-13-17(24)16(23)12-18(20)25/h3-4,11-13H,2,5-10,26H2,1H3,(H,27,28,29). The molecule has 1 aromatic heterocycles. The Morgan fingerprint density at radius 2 is 1.58 bits per heavy atom. The summed E-state index contributed by atoms with van der Waals surface area (Å²) in [6, 6.07) is 7.73. The van der Waals surface area contributed by atoms with Crippen molar-refractivity contribution in [3.8, 4) is 6.01 Å². The van der Waals surface area contributed by atoms with Crippen molar-refractivity contribution >= 4 is 51.3 Å². The number of hydrogen-bond donors (Lipinski definition) is 2. The van der Waals surface area contributed by atoms with Gasteiger partial charge in [0.15, 0.2) is 0 Å². The zero-order valence-corrected chi connectivity index (χ0v) is 19.6. The highest BCUT2D eigenvalue weighted by atomic mass is 35.5. The van der Waals surface area contributed by atoms with Crippen LogP contribution in [0.3, 0.4) is 0 Å². The summed E-state index contributed by atoms with van der Waals surface area (Å²) in [6.45, 7) is 5.12. The number of nitrogens with two attached hydrogens (primary N) is 1. The van der Waals surface area contributed by atoms with Gasteiger partial charge in [0.1, 0.15) is 18.2 Å². The zero-order chi connectivity index (χ0) is 23.6. The predicted octanol–water partition coefficient (Wildman–Crippen LogP) is 4.85. The second-order valence-corrected chi connectivity index (χ2v) is 7.59. The van der Waals surface area contributed by atoms with Gasteiger partial charge >= 0.3 is 6.01 Å². The molecule has 8 nitrogen and oxygen atoms in total. The quantitative estimate of drug-likeness (QED) is 0.196. The van der Waals surface area contributed by atoms with Crippen LogP contribution in [0.15, 0.2) is 30.3 Å². The molecule has 0 spiro atoms. The van der Waals surface area contributed by atoms with Crippen molar-refractivity contribution in [2.24, 2.45) is 0 Å². The van der Waals surface area contributed by atoms with Gasteiger partial charge in [-0.3, -0.25) is 0 Å². The smallest absolute Gasteiger partial charge is 0.319 e. The van der Waals surface area contributed by atoms with E-state index in [0.717, 1.165) is 6.07 Å². The van der Waals surface area contributed by atoms with E-state index in [1.807, 2.05) is 6.92 Å². The van der Waals surface area contributed by atoms with E-state index in [9.17, 15) is 4.39 Å². The molecule has 0 radical (unpaired) electrons. The van der Waals surface area contributed by atoms with E-state index in [-0.39, 0.29) is 28.3 Å². The highest BCUT2D eigenvalue weighted by Gasteiger charge is 2.13. The van der Waals surface area contributed by atoms with Crippen molar-refractivity contribution in [1.82, 2.24) is 9.97 Å². The van der Waals surface area contributed by atoms with Gasteiger partial charge < -0.3 is 30.0 Å². The lowest BCUT2D eigenvalue weighted by Gasteiger charge is -2.13. The number of ether oxygens (including phenoxy) is 4. The Kier molecular flexibility index (Phi) is 9.71. The van der Waals surface area contributed by atoms with E-state index < -0.39 is 5.82 Å². The van der Waals surface area contributed by atoms with Crippen LogP contribution in [0, 0.1) is 5.82 Å². The zero-order valence-electron chi connectivity index (χ0n) is 18.1. The molecule has 0 amide bonds. The molecule has 11 heteroatoms. The number of halogens is 3. The summed E-state index contributed by atoms with van der Waals surface area (Å²) in [5, 5.41) is 3.83. The minimum absolute atomic E-state index is 0.102. The highest BCUT2D eigenvalue weighted by molar-refractivity contribution is 6.42. The van der Waals surface area contributed by atoms with Crippen molar-refractivity contribution in [3.05, 3.63) is 46.2 Å². The number of anilines is 3. The fourth-order valence-corrected chi connectivity index (χ4v) is 3.12. The third-order valence-electron chi connectivity index (χ3n) is 4.37. The van der Waals surface area contributed by atoms with Crippen LogP contribution in [0.25, 0.3) is 10.9 Å². The molecule has 0 saturated carbocycles. The topological polar surface area (TPSA) is 101 Å². The number of nitrogens with one attached hydrogen (secondary N) is 1. The van der Waals surface area contributed by atoms with E-state index in [1.54, 1.807) is 18.2 Å². The Labute approximate surface area is 201 Å². The highest BCUT2D eigenvalue weighted by Crippen LogP contribution is 2.32. The molecule has 0 unspecified atom stereocenters. The van der Waals surface area contributed by atoms with E-state index >= 15 is 0 Å². The van der Waals surface area contributed by atoms with Crippen LogP contribution in [0.5, 0.6) is 6.01 Å². The molecular weight excluding hydrogens is 474 g/mol.